The molecule has 33 heavy (non-hydrogen) atoms. The molecule has 0 bridgehead atoms. The molecule has 9 heteroatoms. The second kappa shape index (κ2) is 11.9. The highest BCUT2D eigenvalue weighted by atomic mass is 19.1. The van der Waals surface area contributed by atoms with Crippen LogP contribution in [0.3, 0.4) is 0 Å². The van der Waals surface area contributed by atoms with Gasteiger partial charge in [-0.2, -0.15) is 0 Å². The van der Waals surface area contributed by atoms with Gasteiger partial charge in [-0.05, 0) is 49.7 Å². The number of aromatic nitrogens is 1. The fourth-order valence-electron chi connectivity index (χ4n) is 4.01. The van der Waals surface area contributed by atoms with E-state index in [4.69, 9.17) is 14.2 Å². The van der Waals surface area contributed by atoms with Gasteiger partial charge in [0.25, 0.3) is 5.91 Å². The van der Waals surface area contributed by atoms with Crippen molar-refractivity contribution in [2.45, 2.75) is 51.2 Å². The van der Waals surface area contributed by atoms with E-state index in [1.165, 1.54) is 0 Å². The largest absolute Gasteiger partial charge is 0.476 e. The first-order valence-corrected chi connectivity index (χ1v) is 12.0. The molecular weight excluding hydrogens is 429 g/mol. The molecule has 186 valence electrons. The third-order valence-electron chi connectivity index (χ3n) is 6.87. The lowest BCUT2D eigenvalue weighted by Crippen LogP contribution is -2.52. The van der Waals surface area contributed by atoms with Crippen molar-refractivity contribution in [1.82, 2.24) is 10.3 Å². The third-order valence-corrected chi connectivity index (χ3v) is 6.87. The predicted molar refractivity (Wildman–Crippen MR) is 124 cm³/mol. The second-order valence-electron chi connectivity index (χ2n) is 9.07. The molecule has 0 spiro atoms. The van der Waals surface area contributed by atoms with Crippen LogP contribution in [0.1, 0.15) is 50.0 Å². The smallest absolute Gasteiger partial charge is 0.270 e. The molecule has 2 N–H and O–H groups in total. The first kappa shape index (κ1) is 25.6. The number of ether oxygens (including phenoxy) is 3. The Morgan fingerprint density at radius 1 is 1.30 bits per heavy atom. The summed E-state index contributed by atoms with van der Waals surface area (Å²) in [6, 6.07) is 3.59. The van der Waals surface area contributed by atoms with Crippen LogP contribution in [0.25, 0.3) is 0 Å². The highest BCUT2D eigenvalue weighted by molar-refractivity contribution is 5.93. The van der Waals surface area contributed by atoms with Crippen molar-refractivity contribution < 1.29 is 28.5 Å². The average molecular weight is 468 g/mol. The van der Waals surface area contributed by atoms with Gasteiger partial charge in [-0.15, -0.1) is 0 Å². The average Bonchev–Trinajstić information content (AvgIpc) is 3.58. The van der Waals surface area contributed by atoms with Gasteiger partial charge >= 0.3 is 0 Å². The van der Waals surface area contributed by atoms with Crippen LogP contribution in [0.2, 0.25) is 0 Å². The Labute approximate surface area is 195 Å². The zero-order valence-corrected chi connectivity index (χ0v) is 20.0. The number of hydrogen-bond acceptors (Lipinski definition) is 7. The molecule has 1 amide bonds. The van der Waals surface area contributed by atoms with E-state index in [9.17, 15) is 14.3 Å². The number of aliphatic hydroxyl groups is 1. The van der Waals surface area contributed by atoms with Crippen molar-refractivity contribution in [3.8, 4) is 5.88 Å². The molecule has 0 radical (unpaired) electrons. The van der Waals surface area contributed by atoms with Crippen molar-refractivity contribution >= 4 is 11.6 Å². The summed E-state index contributed by atoms with van der Waals surface area (Å²) < 4.78 is 29.4. The summed E-state index contributed by atoms with van der Waals surface area (Å²) in [7, 11) is 1.70. The van der Waals surface area contributed by atoms with Crippen LogP contribution in [-0.4, -0.2) is 80.9 Å². The summed E-state index contributed by atoms with van der Waals surface area (Å²) in [4.78, 5) is 19.8. The third kappa shape index (κ3) is 6.55. The van der Waals surface area contributed by atoms with Gasteiger partial charge in [0.15, 0.2) is 0 Å². The van der Waals surface area contributed by atoms with Gasteiger partial charge < -0.3 is 29.5 Å². The lowest BCUT2D eigenvalue weighted by molar-refractivity contribution is 0.0518. The molecule has 2 heterocycles. The summed E-state index contributed by atoms with van der Waals surface area (Å²) in [5.74, 6) is 0.745. The number of rotatable bonds is 15. The minimum atomic E-state index is -0.541. The Morgan fingerprint density at radius 2 is 2.06 bits per heavy atom. The number of methoxy groups -OCH3 is 1. The Balaban J connectivity index is 1.71. The van der Waals surface area contributed by atoms with E-state index < -0.39 is 12.2 Å². The van der Waals surface area contributed by atoms with E-state index in [1.807, 2.05) is 19.9 Å². The van der Waals surface area contributed by atoms with Crippen molar-refractivity contribution in [3.05, 3.63) is 17.8 Å². The minimum absolute atomic E-state index is 0.169. The molecule has 1 saturated heterocycles. The Bertz CT molecular complexity index is 770. The molecule has 0 unspecified atom stereocenters. The van der Waals surface area contributed by atoms with Crippen molar-refractivity contribution in [1.29, 1.82) is 0 Å². The predicted octanol–water partition coefficient (Wildman–Crippen LogP) is 2.59. The molecule has 1 aromatic heterocycles. The summed E-state index contributed by atoms with van der Waals surface area (Å²) in [6.07, 6.45) is 2.83. The van der Waals surface area contributed by atoms with E-state index in [-0.39, 0.29) is 30.2 Å². The SMILES string of the molecule is CCC(CC)(COCCCF)NC(=O)c1ccc(N2CC(OC)C2)c(OC[C@H]2C[C@@H]2CO)n1. The van der Waals surface area contributed by atoms with Crippen LogP contribution in [-0.2, 0) is 9.47 Å². The summed E-state index contributed by atoms with van der Waals surface area (Å²) in [5.41, 5.74) is 0.579. The van der Waals surface area contributed by atoms with Crippen LogP contribution in [0.15, 0.2) is 12.1 Å². The first-order chi connectivity index (χ1) is 16.0. The van der Waals surface area contributed by atoms with Crippen molar-refractivity contribution in [3.63, 3.8) is 0 Å². The summed E-state index contributed by atoms with van der Waals surface area (Å²) in [5, 5.41) is 12.4. The number of nitrogens with zero attached hydrogens (tertiary/aromatic N) is 2. The molecule has 8 nitrogen and oxygen atoms in total. The number of anilines is 1. The first-order valence-electron chi connectivity index (χ1n) is 12.0. The van der Waals surface area contributed by atoms with Crippen LogP contribution in [0, 0.1) is 11.8 Å². The van der Waals surface area contributed by atoms with Gasteiger partial charge in [0.2, 0.25) is 5.88 Å². The zero-order valence-electron chi connectivity index (χ0n) is 20.0. The second-order valence-corrected chi connectivity index (χ2v) is 9.07. The van der Waals surface area contributed by atoms with E-state index in [0.29, 0.717) is 50.9 Å². The molecule has 1 aliphatic carbocycles. The van der Waals surface area contributed by atoms with Crippen LogP contribution < -0.4 is 15.0 Å². The van der Waals surface area contributed by atoms with E-state index >= 15 is 0 Å². The lowest BCUT2D eigenvalue weighted by Gasteiger charge is -2.40. The summed E-state index contributed by atoms with van der Waals surface area (Å²) >= 11 is 0. The maximum Gasteiger partial charge on any atom is 0.270 e. The van der Waals surface area contributed by atoms with Gasteiger partial charge in [0.05, 0.1) is 31.5 Å². The topological polar surface area (TPSA) is 93.2 Å². The van der Waals surface area contributed by atoms with Crippen LogP contribution in [0.4, 0.5) is 10.1 Å². The standard InChI is InChI=1S/C24H38FN3O5/c1-4-24(5-2,16-32-10-6-9-25)27-22(30)20-7-8-21(28-12-19(13-28)31-3)23(26-20)33-15-18-11-17(18)14-29/h7-8,17-19,29H,4-6,9-16H2,1-3H3,(H,27,30)/t17-,18-/m1/s1. The fraction of sp³-hybridized carbons (Fsp3) is 0.750. The maximum atomic E-state index is 13.1. The maximum absolute atomic E-state index is 13.1. The number of halogens is 1. The Morgan fingerprint density at radius 3 is 2.67 bits per heavy atom. The molecule has 2 aliphatic rings. The quantitative estimate of drug-likeness (QED) is 0.383. The highest BCUT2D eigenvalue weighted by Gasteiger charge is 2.38. The zero-order chi connectivity index (χ0) is 23.8. The van der Waals surface area contributed by atoms with E-state index in [0.717, 1.165) is 25.2 Å². The number of carbonyl (C=O) groups is 1. The normalized spacial score (nSPS) is 20.5. The van der Waals surface area contributed by atoms with Gasteiger partial charge in [-0.1, -0.05) is 13.8 Å². The molecule has 0 aromatic carbocycles. The van der Waals surface area contributed by atoms with Gasteiger partial charge in [-0.3, -0.25) is 9.18 Å². The van der Waals surface area contributed by atoms with Gasteiger partial charge in [0, 0.05) is 33.4 Å². The van der Waals surface area contributed by atoms with Crippen molar-refractivity contribution in [2.24, 2.45) is 11.8 Å². The number of alkyl halides is 1. The lowest BCUT2D eigenvalue weighted by atomic mass is 9.93. The van der Waals surface area contributed by atoms with E-state index in [2.05, 4.69) is 15.2 Å². The van der Waals surface area contributed by atoms with Gasteiger partial charge in [0.1, 0.15) is 11.4 Å². The summed E-state index contributed by atoms with van der Waals surface area (Å²) in [6.45, 7) is 6.35. The molecule has 3 rings (SSSR count). The molecule has 1 saturated carbocycles. The number of carbonyl (C=O) groups excluding carboxylic acids is 1. The molecular formula is C24H38FN3O5. The Kier molecular flexibility index (Phi) is 9.28. The molecule has 2 fully saturated rings. The molecule has 2 atom stereocenters. The van der Waals surface area contributed by atoms with Crippen LogP contribution >= 0.6 is 0 Å². The van der Waals surface area contributed by atoms with Gasteiger partial charge in [-0.25, -0.2) is 4.98 Å². The fourth-order valence-corrected chi connectivity index (χ4v) is 4.01. The van der Waals surface area contributed by atoms with Crippen molar-refractivity contribution in [2.75, 3.05) is 58.2 Å². The van der Waals surface area contributed by atoms with E-state index in [1.54, 1.807) is 13.2 Å². The number of aliphatic hydroxyl groups excluding tert-OH is 1. The highest BCUT2D eigenvalue weighted by Crippen LogP contribution is 2.39. The monoisotopic (exact) mass is 467 g/mol. The molecule has 1 aromatic rings. The van der Waals surface area contributed by atoms with Crippen LogP contribution in [0.5, 0.6) is 5.88 Å². The molecule has 1 aliphatic heterocycles. The number of nitrogens with one attached hydrogen (secondary N) is 1. The number of amides is 1. The minimum Gasteiger partial charge on any atom is -0.476 e. The Hall–Kier alpha value is -1.97. The number of hydrogen-bond donors (Lipinski definition) is 2. The number of pyridine rings is 1.